The highest BCUT2D eigenvalue weighted by Crippen LogP contribution is 2.45. The number of hydrogen-bond acceptors (Lipinski definition) is 7. The van der Waals surface area contributed by atoms with E-state index in [-0.39, 0.29) is 35.2 Å². The zero-order chi connectivity index (χ0) is 20.2. The molecule has 3 heterocycles. The normalized spacial score (nSPS) is 19.5. The first-order valence-electron chi connectivity index (χ1n) is 8.96. The number of likely N-dealkylation sites (N-methyl/N-ethyl adjacent to an activating group) is 1. The van der Waals surface area contributed by atoms with Crippen LogP contribution in [0.3, 0.4) is 0 Å². The van der Waals surface area contributed by atoms with Gasteiger partial charge in [0.15, 0.2) is 17.3 Å². The van der Waals surface area contributed by atoms with Crippen molar-refractivity contribution in [3.63, 3.8) is 0 Å². The molecule has 0 radical (unpaired) electrons. The molecule has 4 rings (SSSR count). The van der Waals surface area contributed by atoms with Gasteiger partial charge in [0, 0.05) is 26.2 Å². The van der Waals surface area contributed by atoms with Gasteiger partial charge in [-0.25, -0.2) is 9.18 Å². The van der Waals surface area contributed by atoms with E-state index in [0.29, 0.717) is 18.6 Å². The average molecular weight is 392 g/mol. The number of benzene rings is 1. The van der Waals surface area contributed by atoms with Gasteiger partial charge in [-0.2, -0.15) is 0 Å². The number of nitrogen functional groups attached to an aromatic ring is 1. The molecule has 1 atom stereocenters. The van der Waals surface area contributed by atoms with Gasteiger partial charge in [-0.3, -0.25) is 4.79 Å². The minimum Gasteiger partial charge on any atom is -0.487 e. The Morgan fingerprint density at radius 3 is 2.68 bits per heavy atom. The van der Waals surface area contributed by atoms with Crippen molar-refractivity contribution in [2.24, 2.45) is 0 Å². The fourth-order valence-corrected chi connectivity index (χ4v) is 3.79. The van der Waals surface area contributed by atoms with Crippen molar-refractivity contribution in [2.75, 3.05) is 50.5 Å². The molecule has 0 spiro atoms. The number of ether oxygens (including phenoxy) is 2. The van der Waals surface area contributed by atoms with Crippen LogP contribution in [0.1, 0.15) is 13.0 Å². The van der Waals surface area contributed by atoms with Crippen molar-refractivity contribution >= 4 is 28.4 Å². The Hall–Kier alpha value is -3.01. The van der Waals surface area contributed by atoms with E-state index in [0.717, 1.165) is 13.1 Å². The highest BCUT2D eigenvalue weighted by atomic mass is 19.1. The lowest BCUT2D eigenvalue weighted by atomic mass is 10.1. The summed E-state index contributed by atoms with van der Waals surface area (Å²) in [6.07, 6.45) is -0.307. The number of anilines is 2. The van der Waals surface area contributed by atoms with Gasteiger partial charge in [0.25, 0.3) is 0 Å². The second-order valence-electron chi connectivity index (χ2n) is 7.18. The van der Waals surface area contributed by atoms with Crippen LogP contribution < -0.4 is 25.5 Å². The molecule has 1 aromatic heterocycles. The number of nitrogens with two attached hydrogens (primary N) is 1. The van der Waals surface area contributed by atoms with E-state index in [1.165, 1.54) is 6.20 Å². The molecule has 150 valence electrons. The number of halogens is 1. The molecule has 0 bridgehead atoms. The molecule has 0 aliphatic carbocycles. The van der Waals surface area contributed by atoms with Crippen molar-refractivity contribution in [1.29, 1.82) is 0 Å². The summed E-state index contributed by atoms with van der Waals surface area (Å²) in [6.45, 7) is 4.77. The molecule has 2 aliphatic heterocycles. The quantitative estimate of drug-likeness (QED) is 0.584. The first kappa shape index (κ1) is 18.4. The SMILES string of the molecule is CC1COc2c(N3CCN(C)CC3)c(F)c(N)c3c(=O)c(OC(=O)O)cn1c23. The minimum atomic E-state index is -1.63. The van der Waals surface area contributed by atoms with Crippen LogP contribution in [0.25, 0.3) is 10.9 Å². The maximum absolute atomic E-state index is 15.3. The van der Waals surface area contributed by atoms with Gasteiger partial charge >= 0.3 is 6.16 Å². The summed E-state index contributed by atoms with van der Waals surface area (Å²) < 4.78 is 27.5. The molecular weight excluding hydrogens is 371 g/mol. The van der Waals surface area contributed by atoms with Crippen molar-refractivity contribution in [1.82, 2.24) is 9.47 Å². The van der Waals surface area contributed by atoms with Crippen LogP contribution in [0.4, 0.5) is 20.6 Å². The van der Waals surface area contributed by atoms with Crippen molar-refractivity contribution in [2.45, 2.75) is 13.0 Å². The van der Waals surface area contributed by atoms with E-state index in [9.17, 15) is 9.59 Å². The van der Waals surface area contributed by atoms with Crippen LogP contribution in [0.5, 0.6) is 11.5 Å². The molecule has 28 heavy (non-hydrogen) atoms. The Kier molecular flexibility index (Phi) is 4.30. The zero-order valence-corrected chi connectivity index (χ0v) is 15.6. The number of aromatic nitrogens is 1. The number of pyridine rings is 1. The first-order chi connectivity index (χ1) is 13.3. The molecule has 1 saturated heterocycles. The molecule has 2 aliphatic rings. The fraction of sp³-hybridized carbons (Fsp3) is 0.444. The van der Waals surface area contributed by atoms with Crippen molar-refractivity contribution < 1.29 is 23.8 Å². The molecule has 0 amide bonds. The van der Waals surface area contributed by atoms with Crippen LogP contribution in [0.2, 0.25) is 0 Å². The van der Waals surface area contributed by atoms with E-state index < -0.39 is 23.2 Å². The molecule has 10 heteroatoms. The molecule has 2 aromatic rings. The Bertz CT molecular complexity index is 1030. The molecule has 1 fully saturated rings. The number of hydrogen-bond donors (Lipinski definition) is 2. The summed E-state index contributed by atoms with van der Waals surface area (Å²) in [5.41, 5.74) is 5.51. The van der Waals surface area contributed by atoms with Crippen molar-refractivity contribution in [3.8, 4) is 11.5 Å². The average Bonchev–Trinajstić information content (AvgIpc) is 2.64. The van der Waals surface area contributed by atoms with E-state index in [1.807, 2.05) is 18.9 Å². The van der Waals surface area contributed by atoms with Gasteiger partial charge in [0.2, 0.25) is 5.43 Å². The number of rotatable bonds is 2. The summed E-state index contributed by atoms with van der Waals surface area (Å²) in [5, 5.41) is 8.78. The monoisotopic (exact) mass is 392 g/mol. The summed E-state index contributed by atoms with van der Waals surface area (Å²) >= 11 is 0. The standard InChI is InChI=1S/C18H21FN4O5/c1-9-8-27-17-14-11(16(24)10(7-23(9)14)28-18(25)26)13(20)12(19)15(17)22-5-3-21(2)4-6-22/h7,9H,3-6,8,20H2,1-2H3,(H,25,26). The van der Waals surface area contributed by atoms with E-state index >= 15 is 4.39 Å². The highest BCUT2D eigenvalue weighted by Gasteiger charge is 2.33. The second kappa shape index (κ2) is 6.55. The predicted octanol–water partition coefficient (Wildman–Crippen LogP) is 1.48. The van der Waals surface area contributed by atoms with Gasteiger partial charge in [0.05, 0.1) is 28.8 Å². The summed E-state index contributed by atoms with van der Waals surface area (Å²) in [5.74, 6) is -0.904. The van der Waals surface area contributed by atoms with Crippen LogP contribution >= 0.6 is 0 Å². The first-order valence-corrected chi connectivity index (χ1v) is 8.96. The summed E-state index contributed by atoms with van der Waals surface area (Å²) in [4.78, 5) is 27.7. The van der Waals surface area contributed by atoms with Gasteiger partial charge in [-0.05, 0) is 14.0 Å². The Morgan fingerprint density at radius 1 is 1.36 bits per heavy atom. The lowest BCUT2D eigenvalue weighted by molar-refractivity contribution is 0.143. The topological polar surface area (TPSA) is 110 Å². The molecular formula is C18H21FN4O5. The third kappa shape index (κ3) is 2.71. The zero-order valence-electron chi connectivity index (χ0n) is 15.6. The van der Waals surface area contributed by atoms with Crippen molar-refractivity contribution in [3.05, 3.63) is 22.2 Å². The largest absolute Gasteiger partial charge is 0.511 e. The molecule has 3 N–H and O–H groups in total. The Balaban J connectivity index is 2.02. The molecule has 9 nitrogen and oxygen atoms in total. The number of piperazine rings is 1. The van der Waals surface area contributed by atoms with Crippen LogP contribution in [-0.4, -0.2) is 60.6 Å². The minimum absolute atomic E-state index is 0.129. The van der Waals surface area contributed by atoms with E-state index in [1.54, 1.807) is 4.57 Å². The fourth-order valence-electron chi connectivity index (χ4n) is 3.79. The number of nitrogens with zero attached hydrogens (tertiary/aromatic N) is 3. The summed E-state index contributed by atoms with van der Waals surface area (Å²) in [7, 11) is 1.99. The van der Waals surface area contributed by atoms with E-state index in [4.69, 9.17) is 15.6 Å². The Labute approximate surface area is 159 Å². The van der Waals surface area contributed by atoms with Gasteiger partial charge < -0.3 is 34.7 Å². The Morgan fingerprint density at radius 2 is 2.04 bits per heavy atom. The maximum atomic E-state index is 15.3. The van der Waals surface area contributed by atoms with Crippen LogP contribution in [0.15, 0.2) is 11.0 Å². The molecule has 0 saturated carbocycles. The highest BCUT2D eigenvalue weighted by molar-refractivity contribution is 6.01. The number of carbonyl (C=O) groups is 1. The lowest BCUT2D eigenvalue weighted by Crippen LogP contribution is -2.45. The van der Waals surface area contributed by atoms with Crippen LogP contribution in [-0.2, 0) is 0 Å². The maximum Gasteiger partial charge on any atom is 0.511 e. The third-order valence-corrected chi connectivity index (χ3v) is 5.31. The predicted molar refractivity (Wildman–Crippen MR) is 101 cm³/mol. The van der Waals surface area contributed by atoms with E-state index in [2.05, 4.69) is 9.64 Å². The third-order valence-electron chi connectivity index (χ3n) is 5.31. The van der Waals surface area contributed by atoms with Gasteiger partial charge in [-0.1, -0.05) is 0 Å². The summed E-state index contributed by atoms with van der Waals surface area (Å²) in [6, 6.07) is -0.225. The lowest BCUT2D eigenvalue weighted by Gasteiger charge is -2.37. The van der Waals surface area contributed by atoms with Crippen LogP contribution in [0, 0.1) is 5.82 Å². The number of carboxylic acid groups (broad SMARTS) is 1. The molecule has 1 unspecified atom stereocenters. The molecule has 1 aromatic carbocycles. The van der Waals surface area contributed by atoms with Gasteiger partial charge in [-0.15, -0.1) is 0 Å². The van der Waals surface area contributed by atoms with Gasteiger partial charge in [0.1, 0.15) is 12.3 Å². The smallest absolute Gasteiger partial charge is 0.487 e. The second-order valence-corrected chi connectivity index (χ2v) is 7.18.